The van der Waals surface area contributed by atoms with Crippen molar-refractivity contribution in [2.75, 3.05) is 13.2 Å². The normalized spacial score (nSPS) is 17.6. The molecule has 1 aliphatic heterocycles. The molecular formula is C11H13ClO2. The summed E-state index contributed by atoms with van der Waals surface area (Å²) in [5.41, 5.74) is 2.43. The molecule has 1 aromatic carbocycles. The van der Waals surface area contributed by atoms with Crippen molar-refractivity contribution < 1.29 is 9.47 Å². The van der Waals surface area contributed by atoms with E-state index < -0.39 is 0 Å². The molecule has 76 valence electrons. The Morgan fingerprint density at radius 3 is 2.71 bits per heavy atom. The molecule has 0 bridgehead atoms. The average Bonchev–Trinajstić information content (AvgIpc) is 2.62. The van der Waals surface area contributed by atoms with Crippen LogP contribution in [0.3, 0.4) is 0 Å². The standard InChI is InChI=1S/C11H13ClO2/c1-8-6-10(12)3-2-9(8)7-11-13-4-5-14-11/h2-3,6,11H,4-5,7H2,1H3. The molecule has 0 spiro atoms. The SMILES string of the molecule is Cc1cc(Cl)ccc1CC1OCCO1. The number of benzene rings is 1. The monoisotopic (exact) mass is 212 g/mol. The van der Waals surface area contributed by atoms with Crippen molar-refractivity contribution in [1.29, 1.82) is 0 Å². The van der Waals surface area contributed by atoms with Crippen LogP contribution in [0.4, 0.5) is 0 Å². The van der Waals surface area contributed by atoms with E-state index in [1.807, 2.05) is 18.2 Å². The quantitative estimate of drug-likeness (QED) is 0.750. The lowest BCUT2D eigenvalue weighted by molar-refractivity contribution is -0.0400. The van der Waals surface area contributed by atoms with Crippen LogP contribution in [0.1, 0.15) is 11.1 Å². The van der Waals surface area contributed by atoms with Crippen molar-refractivity contribution in [3.05, 3.63) is 34.3 Å². The number of rotatable bonds is 2. The van der Waals surface area contributed by atoms with E-state index >= 15 is 0 Å². The van der Waals surface area contributed by atoms with Crippen molar-refractivity contribution in [2.45, 2.75) is 19.6 Å². The fourth-order valence-electron chi connectivity index (χ4n) is 1.59. The largest absolute Gasteiger partial charge is 0.350 e. The summed E-state index contributed by atoms with van der Waals surface area (Å²) in [6.07, 6.45) is 0.734. The summed E-state index contributed by atoms with van der Waals surface area (Å²) in [4.78, 5) is 0. The predicted molar refractivity (Wildman–Crippen MR) is 55.6 cm³/mol. The van der Waals surface area contributed by atoms with E-state index in [0.717, 1.165) is 11.4 Å². The van der Waals surface area contributed by atoms with Gasteiger partial charge in [-0.3, -0.25) is 0 Å². The highest BCUT2D eigenvalue weighted by atomic mass is 35.5. The topological polar surface area (TPSA) is 18.5 Å². The lowest BCUT2D eigenvalue weighted by atomic mass is 10.1. The molecule has 0 N–H and O–H groups in total. The second-order valence-corrected chi connectivity index (χ2v) is 3.88. The molecule has 0 radical (unpaired) electrons. The van der Waals surface area contributed by atoms with E-state index in [2.05, 4.69) is 6.92 Å². The zero-order valence-corrected chi connectivity index (χ0v) is 8.88. The van der Waals surface area contributed by atoms with E-state index in [1.54, 1.807) is 0 Å². The molecule has 3 heteroatoms. The average molecular weight is 213 g/mol. The van der Waals surface area contributed by atoms with Gasteiger partial charge in [-0.1, -0.05) is 17.7 Å². The fourth-order valence-corrected chi connectivity index (χ4v) is 1.82. The first kappa shape index (κ1) is 9.97. The molecule has 0 aliphatic carbocycles. The van der Waals surface area contributed by atoms with E-state index in [-0.39, 0.29) is 6.29 Å². The number of halogens is 1. The number of ether oxygens (including phenoxy) is 2. The second-order valence-electron chi connectivity index (χ2n) is 3.45. The Kier molecular flexibility index (Phi) is 3.06. The molecule has 0 atom stereocenters. The number of hydrogen-bond donors (Lipinski definition) is 0. The van der Waals surface area contributed by atoms with Crippen LogP contribution < -0.4 is 0 Å². The highest BCUT2D eigenvalue weighted by Gasteiger charge is 2.16. The van der Waals surface area contributed by atoms with E-state index in [0.29, 0.717) is 13.2 Å². The smallest absolute Gasteiger partial charge is 0.161 e. The summed E-state index contributed by atoms with van der Waals surface area (Å²) in [5, 5.41) is 0.777. The Balaban J connectivity index is 2.08. The molecule has 14 heavy (non-hydrogen) atoms. The van der Waals surface area contributed by atoms with Gasteiger partial charge >= 0.3 is 0 Å². The Morgan fingerprint density at radius 1 is 1.36 bits per heavy atom. The summed E-state index contributed by atoms with van der Waals surface area (Å²) in [6, 6.07) is 5.90. The molecule has 0 aromatic heterocycles. The molecule has 2 rings (SSSR count). The molecule has 1 fully saturated rings. The van der Waals surface area contributed by atoms with Crippen LogP contribution in [0.5, 0.6) is 0 Å². The molecule has 1 heterocycles. The maximum Gasteiger partial charge on any atom is 0.161 e. The fraction of sp³-hybridized carbons (Fsp3) is 0.455. The third-order valence-corrected chi connectivity index (χ3v) is 2.62. The molecule has 1 saturated heterocycles. The van der Waals surface area contributed by atoms with Gasteiger partial charge in [-0.05, 0) is 30.2 Å². The molecule has 1 aliphatic rings. The zero-order valence-electron chi connectivity index (χ0n) is 8.13. The third-order valence-electron chi connectivity index (χ3n) is 2.38. The lowest BCUT2D eigenvalue weighted by Crippen LogP contribution is -2.11. The zero-order chi connectivity index (χ0) is 9.97. The predicted octanol–water partition coefficient (Wildman–Crippen LogP) is 2.56. The maximum absolute atomic E-state index is 5.87. The molecule has 1 aromatic rings. The maximum atomic E-state index is 5.87. The summed E-state index contributed by atoms with van der Waals surface area (Å²) in [7, 11) is 0. The number of hydrogen-bond acceptors (Lipinski definition) is 2. The van der Waals surface area contributed by atoms with Gasteiger partial charge in [0.05, 0.1) is 13.2 Å². The Bertz CT molecular complexity index is 319. The van der Waals surface area contributed by atoms with Crippen molar-refractivity contribution in [3.8, 4) is 0 Å². The molecule has 0 unspecified atom stereocenters. The van der Waals surface area contributed by atoms with Crippen LogP contribution in [0.15, 0.2) is 18.2 Å². The van der Waals surface area contributed by atoms with Crippen LogP contribution in [0.2, 0.25) is 5.02 Å². The van der Waals surface area contributed by atoms with Crippen LogP contribution in [-0.2, 0) is 15.9 Å². The van der Waals surface area contributed by atoms with Gasteiger partial charge in [0, 0.05) is 11.4 Å². The summed E-state index contributed by atoms with van der Waals surface area (Å²) < 4.78 is 10.8. The van der Waals surface area contributed by atoms with Gasteiger partial charge in [0.15, 0.2) is 6.29 Å². The van der Waals surface area contributed by atoms with Gasteiger partial charge in [-0.2, -0.15) is 0 Å². The molecule has 0 amide bonds. The molecule has 0 saturated carbocycles. The van der Waals surface area contributed by atoms with Gasteiger partial charge in [-0.25, -0.2) is 0 Å². The van der Waals surface area contributed by atoms with Crippen LogP contribution in [0, 0.1) is 6.92 Å². The van der Waals surface area contributed by atoms with Crippen molar-refractivity contribution in [1.82, 2.24) is 0 Å². The first-order chi connectivity index (χ1) is 6.75. The Morgan fingerprint density at radius 2 is 2.07 bits per heavy atom. The highest BCUT2D eigenvalue weighted by molar-refractivity contribution is 6.30. The van der Waals surface area contributed by atoms with E-state index in [1.165, 1.54) is 11.1 Å². The van der Waals surface area contributed by atoms with Gasteiger partial charge in [0.25, 0.3) is 0 Å². The first-order valence-electron chi connectivity index (χ1n) is 4.74. The van der Waals surface area contributed by atoms with Crippen molar-refractivity contribution in [2.24, 2.45) is 0 Å². The second kappa shape index (κ2) is 4.30. The lowest BCUT2D eigenvalue weighted by Gasteiger charge is -2.11. The van der Waals surface area contributed by atoms with Crippen molar-refractivity contribution in [3.63, 3.8) is 0 Å². The first-order valence-corrected chi connectivity index (χ1v) is 5.12. The number of aryl methyl sites for hydroxylation is 1. The minimum atomic E-state index is -0.0742. The van der Waals surface area contributed by atoms with Crippen LogP contribution >= 0.6 is 11.6 Å². The van der Waals surface area contributed by atoms with E-state index in [9.17, 15) is 0 Å². The third kappa shape index (κ3) is 2.27. The minimum absolute atomic E-state index is 0.0742. The Hall–Kier alpha value is -0.570. The van der Waals surface area contributed by atoms with Crippen molar-refractivity contribution >= 4 is 11.6 Å². The van der Waals surface area contributed by atoms with Gasteiger partial charge in [-0.15, -0.1) is 0 Å². The van der Waals surface area contributed by atoms with Crippen LogP contribution in [0.25, 0.3) is 0 Å². The van der Waals surface area contributed by atoms with Crippen LogP contribution in [-0.4, -0.2) is 19.5 Å². The van der Waals surface area contributed by atoms with E-state index in [4.69, 9.17) is 21.1 Å². The Labute approximate surface area is 88.8 Å². The minimum Gasteiger partial charge on any atom is -0.350 e. The molecular weight excluding hydrogens is 200 g/mol. The summed E-state index contributed by atoms with van der Waals surface area (Å²) in [5.74, 6) is 0. The summed E-state index contributed by atoms with van der Waals surface area (Å²) >= 11 is 5.87. The highest BCUT2D eigenvalue weighted by Crippen LogP contribution is 2.18. The summed E-state index contributed by atoms with van der Waals surface area (Å²) in [6.45, 7) is 3.46. The van der Waals surface area contributed by atoms with Gasteiger partial charge in [0.2, 0.25) is 0 Å². The molecule has 2 nitrogen and oxygen atoms in total. The van der Waals surface area contributed by atoms with Gasteiger partial charge < -0.3 is 9.47 Å². The van der Waals surface area contributed by atoms with Gasteiger partial charge in [0.1, 0.15) is 0 Å².